The van der Waals surface area contributed by atoms with Gasteiger partial charge in [-0.15, -0.1) is 0 Å². The van der Waals surface area contributed by atoms with Crippen LogP contribution in [0.5, 0.6) is 0 Å². The van der Waals surface area contributed by atoms with E-state index < -0.39 is 30.2 Å². The van der Waals surface area contributed by atoms with Crippen LogP contribution in [-0.2, 0) is 9.59 Å². The van der Waals surface area contributed by atoms with Crippen LogP contribution in [0.25, 0.3) is 0 Å². The van der Waals surface area contributed by atoms with Crippen LogP contribution >= 0.6 is 0 Å². The van der Waals surface area contributed by atoms with Crippen molar-refractivity contribution in [1.82, 2.24) is 4.90 Å². The minimum Gasteiger partial charge on any atom is -0.391 e. The van der Waals surface area contributed by atoms with Gasteiger partial charge in [-0.1, -0.05) is 20.4 Å². The highest BCUT2D eigenvalue weighted by molar-refractivity contribution is 6.20. The summed E-state index contributed by atoms with van der Waals surface area (Å²) < 4.78 is 39.2. The summed E-state index contributed by atoms with van der Waals surface area (Å²) in [4.78, 5) is 25.6. The largest absolute Gasteiger partial charge is 0.416 e. The van der Waals surface area contributed by atoms with Gasteiger partial charge in [-0.3, -0.25) is 9.59 Å². The number of alkyl halides is 3. The summed E-state index contributed by atoms with van der Waals surface area (Å²) >= 11 is 0. The van der Waals surface area contributed by atoms with Crippen molar-refractivity contribution in [2.45, 2.75) is 40.3 Å². The molecule has 0 aromatic rings. The molecule has 0 aromatic carbocycles. The predicted molar refractivity (Wildman–Crippen MR) is 88.1 cm³/mol. The van der Waals surface area contributed by atoms with Gasteiger partial charge in [0, 0.05) is 11.3 Å². The maximum atomic E-state index is 13.1. The average Bonchev–Trinajstić information content (AvgIpc) is 2.71. The van der Waals surface area contributed by atoms with Gasteiger partial charge >= 0.3 is 6.18 Å². The van der Waals surface area contributed by atoms with E-state index in [0.29, 0.717) is 6.42 Å². The first-order valence-corrected chi connectivity index (χ1v) is 7.81. The van der Waals surface area contributed by atoms with E-state index in [1.165, 1.54) is 13.8 Å². The number of carbonyl (C=O) groups is 2. The molecule has 138 valence electrons. The van der Waals surface area contributed by atoms with E-state index in [1.807, 2.05) is 0 Å². The first kappa shape index (κ1) is 20.9. The number of carbonyl (C=O) groups excluding carboxylic acids is 2. The number of aliphatic hydroxyl groups is 1. The molecule has 25 heavy (non-hydrogen) atoms. The zero-order valence-corrected chi connectivity index (χ0v) is 14.7. The molecular weight excluding hydrogens is 335 g/mol. The normalized spacial score (nSPS) is 18.3. The molecule has 0 saturated carbocycles. The van der Waals surface area contributed by atoms with Gasteiger partial charge in [-0.05, 0) is 43.9 Å². The van der Waals surface area contributed by atoms with Crippen LogP contribution in [0.3, 0.4) is 0 Å². The maximum absolute atomic E-state index is 13.1. The van der Waals surface area contributed by atoms with E-state index in [2.05, 4.69) is 6.58 Å². The number of imide groups is 1. The van der Waals surface area contributed by atoms with Crippen molar-refractivity contribution in [3.8, 4) is 0 Å². The summed E-state index contributed by atoms with van der Waals surface area (Å²) in [6.07, 6.45) is -2.11. The average molecular weight is 357 g/mol. The topological polar surface area (TPSA) is 57.6 Å². The molecule has 0 aliphatic carbocycles. The monoisotopic (exact) mass is 357 g/mol. The highest BCUT2D eigenvalue weighted by Crippen LogP contribution is 2.32. The van der Waals surface area contributed by atoms with E-state index in [4.69, 9.17) is 0 Å². The second-order valence-corrected chi connectivity index (χ2v) is 5.97. The fourth-order valence-electron chi connectivity index (χ4n) is 2.42. The maximum Gasteiger partial charge on any atom is 0.416 e. The van der Waals surface area contributed by atoms with Gasteiger partial charge in [-0.25, -0.2) is 4.90 Å². The van der Waals surface area contributed by atoms with Crippen molar-refractivity contribution in [2.24, 2.45) is 5.92 Å². The Morgan fingerprint density at radius 3 is 2.20 bits per heavy atom. The lowest BCUT2D eigenvalue weighted by molar-refractivity contribution is -0.135. The van der Waals surface area contributed by atoms with Gasteiger partial charge in [0.25, 0.3) is 11.8 Å². The molecule has 1 heterocycles. The van der Waals surface area contributed by atoms with Crippen LogP contribution in [0.1, 0.15) is 34.1 Å². The molecule has 1 aliphatic rings. The number of aliphatic hydroxyl groups excluding tert-OH is 1. The van der Waals surface area contributed by atoms with Gasteiger partial charge in [0.15, 0.2) is 0 Å². The molecule has 0 radical (unpaired) electrons. The van der Waals surface area contributed by atoms with Crippen molar-refractivity contribution in [3.05, 3.63) is 46.7 Å². The second-order valence-electron chi connectivity index (χ2n) is 5.97. The van der Waals surface area contributed by atoms with E-state index in [1.54, 1.807) is 13.8 Å². The molecule has 0 aromatic heterocycles. The third kappa shape index (κ3) is 4.28. The lowest BCUT2D eigenvalue weighted by Crippen LogP contribution is -2.34. The van der Waals surface area contributed by atoms with E-state index in [0.717, 1.165) is 17.1 Å². The summed E-state index contributed by atoms with van der Waals surface area (Å²) in [6, 6.07) is 0. The number of allylic oxidation sites excluding steroid dienone is 5. The Labute approximate surface area is 145 Å². The number of hydrogen-bond acceptors (Lipinski definition) is 3. The molecule has 1 atom stereocenters. The minimum atomic E-state index is -4.59. The zero-order valence-electron chi connectivity index (χ0n) is 14.7. The van der Waals surface area contributed by atoms with Crippen molar-refractivity contribution < 1.29 is 27.9 Å². The molecule has 1 aliphatic heterocycles. The van der Waals surface area contributed by atoms with E-state index in [9.17, 15) is 27.9 Å². The number of hydrogen-bond donors (Lipinski definition) is 1. The van der Waals surface area contributed by atoms with Crippen LogP contribution in [0.4, 0.5) is 13.2 Å². The zero-order chi connectivity index (χ0) is 19.5. The number of rotatable bonds is 6. The third-order valence-corrected chi connectivity index (χ3v) is 4.16. The number of nitrogens with zero attached hydrogens (tertiary/aromatic N) is 1. The summed E-state index contributed by atoms with van der Waals surface area (Å²) in [5.41, 5.74) is -0.889. The molecule has 4 nitrogen and oxygen atoms in total. The minimum absolute atomic E-state index is 0.0425. The smallest absolute Gasteiger partial charge is 0.391 e. The fourth-order valence-corrected chi connectivity index (χ4v) is 2.42. The summed E-state index contributed by atoms with van der Waals surface area (Å²) in [5.74, 6) is -1.67. The van der Waals surface area contributed by atoms with E-state index in [-0.39, 0.29) is 28.3 Å². The van der Waals surface area contributed by atoms with Crippen LogP contribution in [0.15, 0.2) is 46.7 Å². The third-order valence-electron chi connectivity index (χ3n) is 4.16. The number of halogens is 3. The first-order valence-electron chi connectivity index (χ1n) is 7.81. The lowest BCUT2D eigenvalue weighted by Gasteiger charge is -2.23. The molecule has 1 N–H and O–H groups in total. The Morgan fingerprint density at radius 2 is 1.84 bits per heavy atom. The van der Waals surface area contributed by atoms with Crippen LogP contribution in [0.2, 0.25) is 0 Å². The lowest BCUT2D eigenvalue weighted by atomic mass is 10.0. The van der Waals surface area contributed by atoms with Gasteiger partial charge in [0.05, 0.1) is 17.8 Å². The fraction of sp³-hybridized carbons (Fsp3) is 0.444. The Balaban J connectivity index is 3.45. The standard InChI is InChI=1S/C18H22F3NO3/c1-6-11(4)15(8-7-14(10(2)3)18(19,20)21)22-16(24)12(5)13(9-23)17(22)25/h7-8,11,23H,2,6,9H2,1,3-5H3/b14-7+,15-8+. The summed E-state index contributed by atoms with van der Waals surface area (Å²) in [7, 11) is 0. The second kappa shape index (κ2) is 7.82. The quantitative estimate of drug-likeness (QED) is 0.583. The first-order chi connectivity index (χ1) is 11.5. The SMILES string of the molecule is C=C(C)/C(=C\C=C(/C(C)CC)N1C(=O)C(C)=C(CO)C1=O)C(F)(F)F. The van der Waals surface area contributed by atoms with Crippen molar-refractivity contribution in [3.63, 3.8) is 0 Å². The number of amides is 2. The van der Waals surface area contributed by atoms with Crippen molar-refractivity contribution >= 4 is 11.8 Å². The van der Waals surface area contributed by atoms with Gasteiger partial charge < -0.3 is 5.11 Å². The Morgan fingerprint density at radius 1 is 1.28 bits per heavy atom. The van der Waals surface area contributed by atoms with E-state index >= 15 is 0 Å². The Hall–Kier alpha value is -2.15. The molecule has 1 rings (SSSR count). The summed E-state index contributed by atoms with van der Waals surface area (Å²) in [5, 5.41) is 9.27. The van der Waals surface area contributed by atoms with Gasteiger partial charge in [0.2, 0.25) is 0 Å². The molecule has 0 spiro atoms. The van der Waals surface area contributed by atoms with Gasteiger partial charge in [0.1, 0.15) is 0 Å². The molecule has 0 fully saturated rings. The summed E-state index contributed by atoms with van der Waals surface area (Å²) in [6.45, 7) is 8.87. The van der Waals surface area contributed by atoms with Crippen molar-refractivity contribution in [1.29, 1.82) is 0 Å². The molecule has 0 saturated heterocycles. The Bertz CT molecular complexity index is 684. The van der Waals surface area contributed by atoms with Crippen LogP contribution < -0.4 is 0 Å². The molecule has 7 heteroatoms. The van der Waals surface area contributed by atoms with Gasteiger partial charge in [-0.2, -0.15) is 13.2 Å². The van der Waals surface area contributed by atoms with Crippen LogP contribution in [-0.4, -0.2) is 34.6 Å². The molecule has 2 amide bonds. The predicted octanol–water partition coefficient (Wildman–Crippen LogP) is 3.66. The molecule has 0 bridgehead atoms. The molecule has 1 unspecified atom stereocenters. The molecular formula is C18H22F3NO3. The Kier molecular flexibility index (Phi) is 6.54. The van der Waals surface area contributed by atoms with Crippen molar-refractivity contribution in [2.75, 3.05) is 6.61 Å². The van der Waals surface area contributed by atoms with Crippen LogP contribution in [0, 0.1) is 5.92 Å². The highest BCUT2D eigenvalue weighted by atomic mass is 19.4. The highest BCUT2D eigenvalue weighted by Gasteiger charge is 2.39.